The molecule has 0 aromatic heterocycles. The number of aryl methyl sites for hydroxylation is 1. The normalized spacial score (nSPS) is 11.1. The van der Waals surface area contributed by atoms with Crippen molar-refractivity contribution in [2.45, 2.75) is 18.7 Å². The molecule has 4 nitrogen and oxygen atoms in total. The zero-order chi connectivity index (χ0) is 14.8. The number of nitrogens with one attached hydrogen (secondary N) is 1. The Bertz CT molecular complexity index is 734. The summed E-state index contributed by atoms with van der Waals surface area (Å²) in [4.78, 5) is 11.4. The molecule has 0 amide bonds. The molecule has 0 fully saturated rings. The van der Waals surface area contributed by atoms with Crippen LogP contribution in [0.5, 0.6) is 0 Å². The highest BCUT2D eigenvalue weighted by Gasteiger charge is 2.16. The van der Waals surface area contributed by atoms with Crippen molar-refractivity contribution in [3.8, 4) is 0 Å². The lowest BCUT2D eigenvalue weighted by atomic mass is 10.1. The molecule has 0 aliphatic heterocycles. The van der Waals surface area contributed by atoms with E-state index in [1.807, 2.05) is 0 Å². The number of hydrogen-bond donors (Lipinski definition) is 1. The summed E-state index contributed by atoms with van der Waals surface area (Å²) < 4.78 is 27.0. The van der Waals surface area contributed by atoms with Gasteiger partial charge in [0.05, 0.1) is 4.90 Å². The Hall–Kier alpha value is -2.14. The summed E-state index contributed by atoms with van der Waals surface area (Å²) in [6.07, 6.45) is 0. The van der Waals surface area contributed by atoms with Gasteiger partial charge in [0.2, 0.25) is 0 Å². The molecule has 2 rings (SSSR count). The van der Waals surface area contributed by atoms with E-state index in [4.69, 9.17) is 0 Å². The summed E-state index contributed by atoms with van der Waals surface area (Å²) in [6, 6.07) is 13.1. The Labute approximate surface area is 118 Å². The maximum atomic E-state index is 12.3. The Morgan fingerprint density at radius 3 is 2.15 bits per heavy atom. The highest BCUT2D eigenvalue weighted by Crippen LogP contribution is 2.19. The van der Waals surface area contributed by atoms with Crippen LogP contribution in [0.15, 0.2) is 53.4 Å². The molecule has 0 saturated heterocycles. The smallest absolute Gasteiger partial charge is 0.262 e. The van der Waals surface area contributed by atoms with Crippen LogP contribution >= 0.6 is 0 Å². The number of hydrogen-bond acceptors (Lipinski definition) is 3. The van der Waals surface area contributed by atoms with Gasteiger partial charge in [-0.25, -0.2) is 8.42 Å². The van der Waals surface area contributed by atoms with E-state index in [0.717, 1.165) is 0 Å². The third kappa shape index (κ3) is 3.05. The molecule has 0 atom stereocenters. The van der Waals surface area contributed by atoms with E-state index < -0.39 is 10.0 Å². The van der Waals surface area contributed by atoms with Gasteiger partial charge in [0, 0.05) is 11.3 Å². The number of anilines is 1. The quantitative estimate of drug-likeness (QED) is 0.880. The Kier molecular flexibility index (Phi) is 3.90. The SMILES string of the molecule is CC(=O)c1ccc(NS(=O)(=O)c2ccccc2C)cc1. The first kappa shape index (κ1) is 14.3. The second kappa shape index (κ2) is 5.46. The number of carbonyl (C=O) groups excluding carboxylic acids is 1. The molecule has 2 aromatic carbocycles. The van der Waals surface area contributed by atoms with Gasteiger partial charge < -0.3 is 0 Å². The molecule has 0 heterocycles. The van der Waals surface area contributed by atoms with Crippen molar-refractivity contribution in [1.82, 2.24) is 0 Å². The van der Waals surface area contributed by atoms with Crippen LogP contribution in [-0.4, -0.2) is 14.2 Å². The van der Waals surface area contributed by atoms with E-state index in [1.165, 1.54) is 6.92 Å². The van der Waals surface area contributed by atoms with Crippen LogP contribution in [0, 0.1) is 6.92 Å². The standard InChI is InChI=1S/C15H15NO3S/c1-11-5-3-4-6-15(11)20(18,19)16-14-9-7-13(8-10-14)12(2)17/h3-10,16H,1-2H3. The van der Waals surface area contributed by atoms with Crippen molar-refractivity contribution in [2.24, 2.45) is 0 Å². The van der Waals surface area contributed by atoms with Crippen LogP contribution in [0.2, 0.25) is 0 Å². The van der Waals surface area contributed by atoms with Crippen molar-refractivity contribution >= 4 is 21.5 Å². The van der Waals surface area contributed by atoms with Gasteiger partial charge >= 0.3 is 0 Å². The van der Waals surface area contributed by atoms with Crippen molar-refractivity contribution in [1.29, 1.82) is 0 Å². The van der Waals surface area contributed by atoms with Gasteiger partial charge in [0.1, 0.15) is 0 Å². The van der Waals surface area contributed by atoms with Crippen molar-refractivity contribution in [3.63, 3.8) is 0 Å². The van der Waals surface area contributed by atoms with Gasteiger partial charge in [-0.05, 0) is 49.7 Å². The highest BCUT2D eigenvalue weighted by molar-refractivity contribution is 7.92. The average Bonchev–Trinajstić information content (AvgIpc) is 2.39. The van der Waals surface area contributed by atoms with E-state index in [0.29, 0.717) is 16.8 Å². The summed E-state index contributed by atoms with van der Waals surface area (Å²) >= 11 is 0. The number of carbonyl (C=O) groups is 1. The fourth-order valence-electron chi connectivity index (χ4n) is 1.84. The molecule has 0 bridgehead atoms. The number of benzene rings is 2. The highest BCUT2D eigenvalue weighted by atomic mass is 32.2. The molecule has 1 N–H and O–H groups in total. The zero-order valence-electron chi connectivity index (χ0n) is 11.3. The van der Waals surface area contributed by atoms with E-state index in [-0.39, 0.29) is 10.7 Å². The fourth-order valence-corrected chi connectivity index (χ4v) is 3.15. The maximum absolute atomic E-state index is 12.3. The lowest BCUT2D eigenvalue weighted by Crippen LogP contribution is -2.14. The maximum Gasteiger partial charge on any atom is 0.262 e. The lowest BCUT2D eigenvalue weighted by molar-refractivity contribution is 0.101. The van der Waals surface area contributed by atoms with Gasteiger partial charge in [0.15, 0.2) is 5.78 Å². The van der Waals surface area contributed by atoms with Crippen LogP contribution in [0.4, 0.5) is 5.69 Å². The zero-order valence-corrected chi connectivity index (χ0v) is 12.1. The second-order valence-electron chi connectivity index (χ2n) is 4.50. The van der Waals surface area contributed by atoms with E-state index in [2.05, 4.69) is 4.72 Å². The average molecular weight is 289 g/mol. The number of sulfonamides is 1. The lowest BCUT2D eigenvalue weighted by Gasteiger charge is -2.10. The van der Waals surface area contributed by atoms with Crippen molar-refractivity contribution < 1.29 is 13.2 Å². The van der Waals surface area contributed by atoms with Crippen LogP contribution in [0.3, 0.4) is 0 Å². The van der Waals surface area contributed by atoms with Crippen molar-refractivity contribution in [3.05, 3.63) is 59.7 Å². The van der Waals surface area contributed by atoms with Crippen LogP contribution in [0.1, 0.15) is 22.8 Å². The summed E-state index contributed by atoms with van der Waals surface area (Å²) in [6.45, 7) is 3.21. The number of ketones is 1. The number of rotatable bonds is 4. The Morgan fingerprint density at radius 1 is 1.00 bits per heavy atom. The predicted octanol–water partition coefficient (Wildman–Crippen LogP) is 3.00. The first-order valence-corrected chi connectivity index (χ1v) is 7.58. The summed E-state index contributed by atoms with van der Waals surface area (Å²) in [7, 11) is -3.61. The molecule has 104 valence electrons. The molecule has 0 radical (unpaired) electrons. The number of Topliss-reactive ketones (excluding diaryl/α,β-unsaturated/α-hetero) is 1. The molecule has 0 aliphatic carbocycles. The minimum Gasteiger partial charge on any atom is -0.295 e. The summed E-state index contributed by atoms with van der Waals surface area (Å²) in [5.41, 5.74) is 1.66. The molecular formula is C15H15NO3S. The minimum atomic E-state index is -3.61. The molecule has 0 aliphatic rings. The molecular weight excluding hydrogens is 274 g/mol. The molecule has 0 spiro atoms. The van der Waals surface area contributed by atoms with Gasteiger partial charge in [0.25, 0.3) is 10.0 Å². The van der Waals surface area contributed by atoms with Crippen LogP contribution in [-0.2, 0) is 10.0 Å². The topological polar surface area (TPSA) is 63.2 Å². The second-order valence-corrected chi connectivity index (χ2v) is 6.16. The van der Waals surface area contributed by atoms with Crippen molar-refractivity contribution in [2.75, 3.05) is 4.72 Å². The molecule has 5 heteroatoms. The van der Waals surface area contributed by atoms with Gasteiger partial charge in [-0.2, -0.15) is 0 Å². The van der Waals surface area contributed by atoms with Crippen LogP contribution in [0.25, 0.3) is 0 Å². The van der Waals surface area contributed by atoms with Gasteiger partial charge in [-0.3, -0.25) is 9.52 Å². The third-order valence-electron chi connectivity index (χ3n) is 2.93. The molecule has 20 heavy (non-hydrogen) atoms. The first-order valence-electron chi connectivity index (χ1n) is 6.09. The fraction of sp³-hybridized carbons (Fsp3) is 0.133. The minimum absolute atomic E-state index is 0.0571. The first-order chi connectivity index (χ1) is 9.40. The summed E-state index contributed by atoms with van der Waals surface area (Å²) in [5, 5.41) is 0. The summed E-state index contributed by atoms with van der Waals surface area (Å²) in [5.74, 6) is -0.0571. The third-order valence-corrected chi connectivity index (χ3v) is 4.47. The molecule has 2 aromatic rings. The Morgan fingerprint density at radius 2 is 1.60 bits per heavy atom. The molecule has 0 saturated carbocycles. The Balaban J connectivity index is 2.29. The van der Waals surface area contributed by atoms with Gasteiger partial charge in [-0.1, -0.05) is 18.2 Å². The predicted molar refractivity (Wildman–Crippen MR) is 78.4 cm³/mol. The van der Waals surface area contributed by atoms with E-state index in [1.54, 1.807) is 55.5 Å². The largest absolute Gasteiger partial charge is 0.295 e. The van der Waals surface area contributed by atoms with Crippen LogP contribution < -0.4 is 4.72 Å². The van der Waals surface area contributed by atoms with E-state index >= 15 is 0 Å². The molecule has 0 unspecified atom stereocenters. The van der Waals surface area contributed by atoms with Gasteiger partial charge in [-0.15, -0.1) is 0 Å². The monoisotopic (exact) mass is 289 g/mol. The van der Waals surface area contributed by atoms with E-state index in [9.17, 15) is 13.2 Å².